The number of rotatable bonds is 4. The van der Waals surface area contributed by atoms with Crippen LogP contribution in [0.1, 0.15) is 30.1 Å². The van der Waals surface area contributed by atoms with Gasteiger partial charge < -0.3 is 4.90 Å². The number of aromatic nitrogens is 4. The van der Waals surface area contributed by atoms with Crippen molar-refractivity contribution in [3.63, 3.8) is 0 Å². The molecule has 0 unspecified atom stereocenters. The maximum atomic E-state index is 4.60. The maximum Gasteiger partial charge on any atom is 0.179 e. The topological polar surface area (TPSA) is 49.6 Å². The molecule has 1 saturated heterocycles. The van der Waals surface area contributed by atoms with Crippen molar-refractivity contribution in [3.8, 4) is 0 Å². The highest BCUT2D eigenvalue weighted by atomic mass is 32.1. The molecule has 5 rings (SSSR count). The van der Waals surface area contributed by atoms with E-state index in [1.807, 2.05) is 10.7 Å². The first-order chi connectivity index (χ1) is 11.9. The lowest BCUT2D eigenvalue weighted by Crippen LogP contribution is -2.46. The largest absolute Gasteiger partial charge is 0.368 e. The monoisotopic (exact) mass is 340 g/mol. The van der Waals surface area contributed by atoms with E-state index in [2.05, 4.69) is 48.0 Å². The zero-order valence-electron chi connectivity index (χ0n) is 13.5. The van der Waals surface area contributed by atoms with Crippen LogP contribution in [0.3, 0.4) is 0 Å². The lowest BCUT2D eigenvalue weighted by atomic mass is 10.2. The van der Waals surface area contributed by atoms with Gasteiger partial charge in [0.15, 0.2) is 11.5 Å². The van der Waals surface area contributed by atoms with E-state index in [1.54, 1.807) is 11.3 Å². The fourth-order valence-corrected chi connectivity index (χ4v) is 4.03. The van der Waals surface area contributed by atoms with Crippen LogP contribution in [0.5, 0.6) is 0 Å². The van der Waals surface area contributed by atoms with Crippen LogP contribution >= 0.6 is 11.3 Å². The minimum absolute atomic E-state index is 0.569. The van der Waals surface area contributed by atoms with Crippen LogP contribution in [0.2, 0.25) is 0 Å². The third kappa shape index (κ3) is 2.67. The fourth-order valence-electron chi connectivity index (χ4n) is 3.37. The van der Waals surface area contributed by atoms with Gasteiger partial charge in [0, 0.05) is 44.7 Å². The molecular formula is C17H20N6S. The summed E-state index contributed by atoms with van der Waals surface area (Å²) in [5.74, 6) is 1.59. The Hall–Kier alpha value is -1.99. The quantitative estimate of drug-likeness (QED) is 0.730. The minimum atomic E-state index is 0.569. The summed E-state index contributed by atoms with van der Waals surface area (Å²) in [6.07, 6.45) is 4.41. The third-order valence-corrected chi connectivity index (χ3v) is 5.67. The molecule has 7 heteroatoms. The summed E-state index contributed by atoms with van der Waals surface area (Å²) in [4.78, 5) is 4.93. The number of fused-ring (bicyclic) bond motifs is 1. The van der Waals surface area contributed by atoms with Crippen LogP contribution < -0.4 is 4.90 Å². The number of nitrogens with zero attached hydrogens (tertiary/aromatic N) is 6. The van der Waals surface area contributed by atoms with Crippen LogP contribution in [0.25, 0.3) is 5.65 Å². The Labute approximate surface area is 144 Å². The van der Waals surface area contributed by atoms with Gasteiger partial charge in [-0.25, -0.2) is 0 Å². The zero-order chi connectivity index (χ0) is 15.9. The third-order valence-electron chi connectivity index (χ3n) is 4.94. The molecule has 0 aromatic carbocycles. The zero-order valence-corrected chi connectivity index (χ0v) is 14.3. The number of hydrogen-bond acceptors (Lipinski definition) is 6. The van der Waals surface area contributed by atoms with Gasteiger partial charge in [0.05, 0.1) is 11.9 Å². The standard InChI is InChI=1S/C17H20N6S/c1-2-14(1)17-20-19-16-9-15(10-18-23(16)17)22-6-4-21(5-7-22)11-13-3-8-24-12-13/h3,8-10,12,14H,1-2,4-7,11H2. The molecule has 0 atom stereocenters. The van der Waals surface area contributed by atoms with Crippen molar-refractivity contribution in [2.45, 2.75) is 25.3 Å². The summed E-state index contributed by atoms with van der Waals surface area (Å²) in [6, 6.07) is 4.35. The summed E-state index contributed by atoms with van der Waals surface area (Å²) < 4.78 is 1.91. The second-order valence-corrected chi connectivity index (χ2v) is 7.49. The Morgan fingerprint density at radius 3 is 2.75 bits per heavy atom. The van der Waals surface area contributed by atoms with Gasteiger partial charge in [-0.2, -0.15) is 21.0 Å². The smallest absolute Gasteiger partial charge is 0.179 e. The van der Waals surface area contributed by atoms with E-state index in [4.69, 9.17) is 0 Å². The van der Waals surface area contributed by atoms with Crippen molar-refractivity contribution < 1.29 is 0 Å². The second-order valence-electron chi connectivity index (χ2n) is 6.71. The molecular weight excluding hydrogens is 320 g/mol. The molecule has 0 N–H and O–H groups in total. The van der Waals surface area contributed by atoms with Crippen molar-refractivity contribution in [2.24, 2.45) is 0 Å². The Kier molecular flexibility index (Phi) is 3.48. The van der Waals surface area contributed by atoms with Crippen molar-refractivity contribution in [1.82, 2.24) is 24.7 Å². The number of anilines is 1. The predicted octanol–water partition coefficient (Wildman–Crippen LogP) is 2.39. The molecule has 6 nitrogen and oxygen atoms in total. The number of piperazine rings is 1. The van der Waals surface area contributed by atoms with Crippen molar-refractivity contribution in [2.75, 3.05) is 31.1 Å². The molecule has 124 valence electrons. The second kappa shape index (κ2) is 5.82. The van der Waals surface area contributed by atoms with Gasteiger partial charge in [-0.1, -0.05) is 0 Å². The van der Waals surface area contributed by atoms with Crippen LogP contribution in [-0.4, -0.2) is 50.9 Å². The molecule has 0 radical (unpaired) electrons. The van der Waals surface area contributed by atoms with Gasteiger partial charge in [-0.3, -0.25) is 4.90 Å². The first-order valence-electron chi connectivity index (χ1n) is 8.56. The molecule has 1 aliphatic carbocycles. The van der Waals surface area contributed by atoms with Gasteiger partial charge >= 0.3 is 0 Å². The molecule has 3 aromatic rings. The average Bonchev–Trinajstić information content (AvgIpc) is 3.17. The van der Waals surface area contributed by atoms with Gasteiger partial charge in [-0.15, -0.1) is 10.2 Å². The van der Waals surface area contributed by atoms with Crippen LogP contribution in [0.4, 0.5) is 5.69 Å². The highest BCUT2D eigenvalue weighted by Crippen LogP contribution is 2.38. The van der Waals surface area contributed by atoms with Crippen molar-refractivity contribution in [3.05, 3.63) is 40.5 Å². The highest BCUT2D eigenvalue weighted by molar-refractivity contribution is 7.07. The van der Waals surface area contributed by atoms with E-state index in [1.165, 1.54) is 18.4 Å². The molecule has 4 heterocycles. The Bertz CT molecular complexity index is 830. The molecule has 24 heavy (non-hydrogen) atoms. The van der Waals surface area contributed by atoms with E-state index in [0.29, 0.717) is 5.92 Å². The SMILES string of the molecule is c1cc(CN2CCN(c3cnn4c(C5CC5)nnc4c3)CC2)cs1. The first-order valence-corrected chi connectivity index (χ1v) is 9.51. The predicted molar refractivity (Wildman–Crippen MR) is 94.6 cm³/mol. The van der Waals surface area contributed by atoms with Crippen molar-refractivity contribution in [1.29, 1.82) is 0 Å². The molecule has 0 bridgehead atoms. The fraction of sp³-hybridized carbons (Fsp3) is 0.471. The molecule has 1 saturated carbocycles. The van der Waals surface area contributed by atoms with Crippen LogP contribution in [0.15, 0.2) is 29.1 Å². The summed E-state index contributed by atoms with van der Waals surface area (Å²) >= 11 is 1.77. The summed E-state index contributed by atoms with van der Waals surface area (Å²) in [7, 11) is 0. The molecule has 0 spiro atoms. The Morgan fingerprint density at radius 2 is 2.00 bits per heavy atom. The van der Waals surface area contributed by atoms with E-state index in [-0.39, 0.29) is 0 Å². The van der Waals surface area contributed by atoms with E-state index < -0.39 is 0 Å². The highest BCUT2D eigenvalue weighted by Gasteiger charge is 2.29. The van der Waals surface area contributed by atoms with Crippen molar-refractivity contribution >= 4 is 22.7 Å². The first kappa shape index (κ1) is 14.4. The van der Waals surface area contributed by atoms with Gasteiger partial charge in [0.25, 0.3) is 0 Å². The molecule has 2 aliphatic rings. The van der Waals surface area contributed by atoms with E-state index in [0.717, 1.165) is 49.9 Å². The van der Waals surface area contributed by atoms with Crippen LogP contribution in [0, 0.1) is 0 Å². The summed E-state index contributed by atoms with van der Waals surface area (Å²) in [5, 5.41) is 17.6. The minimum Gasteiger partial charge on any atom is -0.368 e. The van der Waals surface area contributed by atoms with E-state index >= 15 is 0 Å². The molecule has 3 aromatic heterocycles. The van der Waals surface area contributed by atoms with Crippen LogP contribution in [-0.2, 0) is 6.54 Å². The normalized spacial score (nSPS) is 19.2. The van der Waals surface area contributed by atoms with Gasteiger partial charge in [0.1, 0.15) is 0 Å². The molecule has 2 fully saturated rings. The Morgan fingerprint density at radius 1 is 1.12 bits per heavy atom. The summed E-state index contributed by atoms with van der Waals surface area (Å²) in [5.41, 5.74) is 3.45. The van der Waals surface area contributed by atoms with E-state index in [9.17, 15) is 0 Å². The summed E-state index contributed by atoms with van der Waals surface area (Å²) in [6.45, 7) is 5.29. The average molecular weight is 340 g/mol. The maximum absolute atomic E-state index is 4.60. The molecule has 0 amide bonds. The van der Waals surface area contributed by atoms with Gasteiger partial charge in [-0.05, 0) is 35.2 Å². The lowest BCUT2D eigenvalue weighted by Gasteiger charge is -2.35. The number of thiophene rings is 1. The molecule has 1 aliphatic heterocycles. The Balaban J connectivity index is 1.28. The number of hydrogen-bond donors (Lipinski definition) is 0. The van der Waals surface area contributed by atoms with Gasteiger partial charge in [0.2, 0.25) is 0 Å². The lowest BCUT2D eigenvalue weighted by molar-refractivity contribution is 0.250.